The van der Waals surface area contributed by atoms with E-state index in [1.807, 2.05) is 0 Å². The van der Waals surface area contributed by atoms with Crippen LogP contribution in [0.4, 0.5) is 0 Å². The standard InChI is InChI=1S/C12H22N2O3/c1-5-13-6-8-14(9-7-13)10(15)11(16)17-12(2,3)4/h5-9H2,1-4H3. The molecule has 0 aromatic rings. The van der Waals surface area contributed by atoms with E-state index in [9.17, 15) is 9.59 Å². The Kier molecular flexibility index (Phi) is 4.51. The summed E-state index contributed by atoms with van der Waals surface area (Å²) in [5.41, 5.74) is -0.613. The van der Waals surface area contributed by atoms with Crippen LogP contribution in [0.15, 0.2) is 0 Å². The number of nitrogens with zero attached hydrogens (tertiary/aromatic N) is 2. The molecule has 0 spiro atoms. The molecule has 1 aliphatic rings. The number of likely N-dealkylation sites (N-methyl/N-ethyl adjacent to an activating group) is 1. The molecule has 0 aromatic carbocycles. The molecule has 0 saturated carbocycles. The minimum absolute atomic E-state index is 0.518. The number of hydrogen-bond acceptors (Lipinski definition) is 4. The third-order valence-corrected chi connectivity index (χ3v) is 2.68. The summed E-state index contributed by atoms with van der Waals surface area (Å²) in [6.07, 6.45) is 0. The molecule has 0 aromatic heterocycles. The monoisotopic (exact) mass is 242 g/mol. The Morgan fingerprint density at radius 2 is 1.65 bits per heavy atom. The zero-order valence-corrected chi connectivity index (χ0v) is 11.2. The molecule has 0 bridgehead atoms. The average molecular weight is 242 g/mol. The van der Waals surface area contributed by atoms with Gasteiger partial charge in [0.25, 0.3) is 0 Å². The van der Waals surface area contributed by atoms with Crippen molar-refractivity contribution < 1.29 is 14.3 Å². The van der Waals surface area contributed by atoms with Crippen LogP contribution in [-0.2, 0) is 14.3 Å². The summed E-state index contributed by atoms with van der Waals surface area (Å²) in [7, 11) is 0. The lowest BCUT2D eigenvalue weighted by Gasteiger charge is -2.33. The van der Waals surface area contributed by atoms with Crippen LogP contribution in [0.1, 0.15) is 27.7 Å². The lowest BCUT2D eigenvalue weighted by Crippen LogP contribution is -2.51. The number of rotatable bonds is 1. The predicted molar refractivity (Wildman–Crippen MR) is 64.5 cm³/mol. The smallest absolute Gasteiger partial charge is 0.397 e. The molecule has 1 heterocycles. The number of esters is 1. The molecule has 0 radical (unpaired) electrons. The Morgan fingerprint density at radius 3 is 2.06 bits per heavy atom. The highest BCUT2D eigenvalue weighted by Crippen LogP contribution is 2.09. The molecule has 1 fully saturated rings. The molecular formula is C12H22N2O3. The molecule has 1 aliphatic heterocycles. The predicted octanol–water partition coefficient (Wildman–Crippen LogP) is 0.492. The van der Waals surface area contributed by atoms with E-state index in [-0.39, 0.29) is 0 Å². The van der Waals surface area contributed by atoms with Crippen LogP contribution in [-0.4, -0.2) is 60.0 Å². The number of amides is 1. The van der Waals surface area contributed by atoms with Crippen LogP contribution in [0.5, 0.6) is 0 Å². The molecular weight excluding hydrogens is 220 g/mol. The summed E-state index contributed by atoms with van der Waals surface area (Å²) in [4.78, 5) is 27.2. The molecule has 1 saturated heterocycles. The summed E-state index contributed by atoms with van der Waals surface area (Å²) >= 11 is 0. The van der Waals surface area contributed by atoms with E-state index in [4.69, 9.17) is 4.74 Å². The van der Waals surface area contributed by atoms with Gasteiger partial charge in [-0.2, -0.15) is 0 Å². The fraction of sp³-hybridized carbons (Fsp3) is 0.833. The fourth-order valence-corrected chi connectivity index (χ4v) is 1.72. The van der Waals surface area contributed by atoms with Gasteiger partial charge in [0.15, 0.2) is 0 Å². The maximum Gasteiger partial charge on any atom is 0.397 e. The Morgan fingerprint density at radius 1 is 1.12 bits per heavy atom. The van der Waals surface area contributed by atoms with Gasteiger partial charge in [-0.15, -0.1) is 0 Å². The molecule has 1 rings (SSSR count). The molecule has 0 unspecified atom stereocenters. The quantitative estimate of drug-likeness (QED) is 0.496. The fourth-order valence-electron chi connectivity index (χ4n) is 1.72. The van der Waals surface area contributed by atoms with Crippen LogP contribution in [0.25, 0.3) is 0 Å². The summed E-state index contributed by atoms with van der Waals surface area (Å²) < 4.78 is 5.06. The zero-order chi connectivity index (χ0) is 13.1. The van der Waals surface area contributed by atoms with Crippen molar-refractivity contribution in [2.45, 2.75) is 33.3 Å². The van der Waals surface area contributed by atoms with Gasteiger partial charge < -0.3 is 14.5 Å². The zero-order valence-electron chi connectivity index (χ0n) is 11.2. The van der Waals surface area contributed by atoms with Gasteiger partial charge in [0.1, 0.15) is 5.60 Å². The van der Waals surface area contributed by atoms with E-state index >= 15 is 0 Å². The Hall–Kier alpha value is -1.10. The van der Waals surface area contributed by atoms with Crippen LogP contribution >= 0.6 is 0 Å². The lowest BCUT2D eigenvalue weighted by molar-refractivity contribution is -0.168. The van der Waals surface area contributed by atoms with Gasteiger partial charge >= 0.3 is 11.9 Å². The van der Waals surface area contributed by atoms with Crippen molar-refractivity contribution in [1.82, 2.24) is 9.80 Å². The third kappa shape index (κ3) is 4.34. The van der Waals surface area contributed by atoms with Gasteiger partial charge in [-0.3, -0.25) is 4.79 Å². The van der Waals surface area contributed by atoms with E-state index < -0.39 is 17.5 Å². The van der Waals surface area contributed by atoms with Crippen molar-refractivity contribution in [3.8, 4) is 0 Å². The second-order valence-corrected chi connectivity index (χ2v) is 5.23. The van der Waals surface area contributed by atoms with Gasteiger partial charge in [-0.25, -0.2) is 4.79 Å². The van der Waals surface area contributed by atoms with Crippen LogP contribution in [0, 0.1) is 0 Å². The summed E-state index contributed by atoms with van der Waals surface area (Å²) in [5, 5.41) is 0. The first-order valence-corrected chi connectivity index (χ1v) is 6.08. The van der Waals surface area contributed by atoms with Gasteiger partial charge in [0.05, 0.1) is 0 Å². The summed E-state index contributed by atoms with van der Waals surface area (Å²) in [6, 6.07) is 0. The van der Waals surface area contributed by atoms with E-state index in [0.717, 1.165) is 19.6 Å². The first-order valence-electron chi connectivity index (χ1n) is 6.08. The maximum absolute atomic E-state index is 11.8. The van der Waals surface area contributed by atoms with Gasteiger partial charge in [-0.05, 0) is 27.3 Å². The van der Waals surface area contributed by atoms with Crippen molar-refractivity contribution in [3.05, 3.63) is 0 Å². The third-order valence-electron chi connectivity index (χ3n) is 2.68. The van der Waals surface area contributed by atoms with E-state index in [1.165, 1.54) is 0 Å². The van der Waals surface area contributed by atoms with Crippen LogP contribution in [0.2, 0.25) is 0 Å². The second-order valence-electron chi connectivity index (χ2n) is 5.23. The topological polar surface area (TPSA) is 49.9 Å². The van der Waals surface area contributed by atoms with E-state index in [2.05, 4.69) is 11.8 Å². The lowest BCUT2D eigenvalue weighted by atomic mass is 10.2. The first kappa shape index (κ1) is 14.0. The summed E-state index contributed by atoms with van der Waals surface area (Å²) in [5.74, 6) is -1.27. The number of ether oxygens (including phenoxy) is 1. The van der Waals surface area contributed by atoms with Crippen molar-refractivity contribution in [2.75, 3.05) is 32.7 Å². The number of carbonyl (C=O) groups excluding carboxylic acids is 2. The first-order chi connectivity index (χ1) is 7.83. The van der Waals surface area contributed by atoms with Crippen LogP contribution in [0.3, 0.4) is 0 Å². The normalized spacial score (nSPS) is 18.0. The van der Waals surface area contributed by atoms with Crippen molar-refractivity contribution in [3.63, 3.8) is 0 Å². The minimum atomic E-state index is -0.748. The summed E-state index contributed by atoms with van der Waals surface area (Å²) in [6.45, 7) is 11.2. The highest BCUT2D eigenvalue weighted by atomic mass is 16.6. The van der Waals surface area contributed by atoms with Gasteiger partial charge in [-0.1, -0.05) is 6.92 Å². The molecule has 1 amide bonds. The minimum Gasteiger partial charge on any atom is -0.453 e. The SMILES string of the molecule is CCN1CCN(C(=O)C(=O)OC(C)(C)C)CC1. The highest BCUT2D eigenvalue weighted by molar-refractivity contribution is 6.32. The number of carbonyl (C=O) groups is 2. The van der Waals surface area contributed by atoms with Crippen molar-refractivity contribution in [1.29, 1.82) is 0 Å². The largest absolute Gasteiger partial charge is 0.453 e. The molecule has 5 heteroatoms. The highest BCUT2D eigenvalue weighted by Gasteiger charge is 2.29. The van der Waals surface area contributed by atoms with Crippen molar-refractivity contribution in [2.24, 2.45) is 0 Å². The number of piperazine rings is 1. The molecule has 17 heavy (non-hydrogen) atoms. The molecule has 0 atom stereocenters. The number of hydrogen-bond donors (Lipinski definition) is 0. The van der Waals surface area contributed by atoms with Crippen LogP contribution < -0.4 is 0 Å². The molecule has 0 N–H and O–H groups in total. The second kappa shape index (κ2) is 5.49. The van der Waals surface area contributed by atoms with Gasteiger partial charge in [0, 0.05) is 26.2 Å². The molecule has 5 nitrogen and oxygen atoms in total. The molecule has 0 aliphatic carbocycles. The molecule has 98 valence electrons. The maximum atomic E-state index is 11.8. The Labute approximate surface area is 103 Å². The average Bonchev–Trinajstić information content (AvgIpc) is 2.26. The Balaban J connectivity index is 2.46. The van der Waals surface area contributed by atoms with Crippen molar-refractivity contribution >= 4 is 11.9 Å². The Bertz CT molecular complexity index is 289. The van der Waals surface area contributed by atoms with E-state index in [0.29, 0.717) is 13.1 Å². The van der Waals surface area contributed by atoms with E-state index in [1.54, 1.807) is 25.7 Å². The van der Waals surface area contributed by atoms with Gasteiger partial charge in [0.2, 0.25) is 0 Å².